The van der Waals surface area contributed by atoms with Gasteiger partial charge >= 0.3 is 5.97 Å². The van der Waals surface area contributed by atoms with Crippen LogP contribution >= 0.6 is 0 Å². The molecule has 17 heteroatoms. The van der Waals surface area contributed by atoms with Crippen LogP contribution in [0, 0.1) is 5.92 Å². The minimum atomic E-state index is -1.42. The Morgan fingerprint density at radius 1 is 0.700 bits per heavy atom. The number of carbonyl (C=O) groups is 5. The van der Waals surface area contributed by atoms with Gasteiger partial charge in [-0.1, -0.05) is 13.8 Å². The number of aliphatic imine (C=N–C) groups is 2. The molecule has 0 aliphatic rings. The van der Waals surface area contributed by atoms with E-state index >= 15 is 0 Å². The monoisotopic (exact) mass is 571 g/mol. The fourth-order valence-electron chi connectivity index (χ4n) is 3.49. The average molecular weight is 572 g/mol. The Balaban J connectivity index is 5.60. The molecular weight excluding hydrogens is 526 g/mol. The second-order valence-corrected chi connectivity index (χ2v) is 9.66. The fourth-order valence-corrected chi connectivity index (χ4v) is 3.49. The number of hydrogen-bond acceptors (Lipinski definition) is 8. The molecule has 4 amide bonds. The zero-order valence-corrected chi connectivity index (χ0v) is 23.1. The van der Waals surface area contributed by atoms with Crippen LogP contribution in [0.1, 0.15) is 58.8 Å². The van der Waals surface area contributed by atoms with E-state index in [1.165, 1.54) is 0 Å². The number of hydrogen-bond donors (Lipinski definition) is 10. The van der Waals surface area contributed by atoms with Crippen LogP contribution in [0.25, 0.3) is 0 Å². The van der Waals surface area contributed by atoms with Crippen molar-refractivity contribution in [1.82, 2.24) is 16.0 Å². The van der Waals surface area contributed by atoms with Crippen molar-refractivity contribution in [2.24, 2.45) is 50.3 Å². The molecule has 0 saturated heterocycles. The van der Waals surface area contributed by atoms with E-state index in [0.717, 1.165) is 0 Å². The molecule has 0 rings (SSSR count). The first-order valence-corrected chi connectivity index (χ1v) is 12.9. The highest BCUT2D eigenvalue weighted by atomic mass is 16.4. The molecule has 40 heavy (non-hydrogen) atoms. The van der Waals surface area contributed by atoms with Gasteiger partial charge in [0, 0.05) is 19.5 Å². The van der Waals surface area contributed by atoms with E-state index in [1.807, 2.05) is 13.8 Å². The molecule has 0 aliphatic carbocycles. The third-order valence-corrected chi connectivity index (χ3v) is 5.52. The Hall–Kier alpha value is -4.15. The first-order valence-electron chi connectivity index (χ1n) is 12.9. The maximum absolute atomic E-state index is 13.2. The van der Waals surface area contributed by atoms with Crippen LogP contribution in [0.2, 0.25) is 0 Å². The molecule has 4 atom stereocenters. The molecule has 0 radical (unpaired) electrons. The van der Waals surface area contributed by atoms with Crippen molar-refractivity contribution in [2.45, 2.75) is 83.0 Å². The molecular formula is C23H45N11O6. The molecule has 0 aromatic rings. The van der Waals surface area contributed by atoms with Crippen molar-refractivity contribution >= 4 is 41.5 Å². The van der Waals surface area contributed by atoms with Gasteiger partial charge < -0.3 is 55.5 Å². The van der Waals surface area contributed by atoms with E-state index < -0.39 is 53.8 Å². The quantitative estimate of drug-likeness (QED) is 0.0384. The van der Waals surface area contributed by atoms with Gasteiger partial charge in [0.2, 0.25) is 23.6 Å². The molecule has 17 nitrogen and oxygen atoms in total. The number of carboxylic acid groups (broad SMARTS) is 1. The van der Waals surface area contributed by atoms with Crippen LogP contribution < -0.4 is 50.4 Å². The molecule has 0 aromatic carbocycles. The van der Waals surface area contributed by atoms with Gasteiger partial charge in [-0.05, 0) is 44.4 Å². The minimum absolute atomic E-state index is 0.0199. The molecule has 0 fully saturated rings. The summed E-state index contributed by atoms with van der Waals surface area (Å²) in [5.74, 6) is -4.40. The maximum atomic E-state index is 13.2. The van der Waals surface area contributed by atoms with Gasteiger partial charge in [-0.2, -0.15) is 0 Å². The fraction of sp³-hybridized carbons (Fsp3) is 0.696. The molecule has 228 valence electrons. The summed E-state index contributed by atoms with van der Waals surface area (Å²) in [6, 6.07) is -4.58. The first kappa shape index (κ1) is 35.9. The van der Waals surface area contributed by atoms with Crippen LogP contribution in [-0.4, -0.2) is 83.9 Å². The summed E-state index contributed by atoms with van der Waals surface area (Å²) in [6.45, 7) is 4.12. The standard InChI is InChI=1S/C23H45N11O6/c1-12(2)11-16(34-18(36)13(24)5-3-9-30-22(26)27)20(38)32-14(6-4-10-31-23(28)29)19(37)33-15(21(39)40)7-8-17(25)35/h12-16H,3-11,24H2,1-2H3,(H2,25,35)(H,32,38)(H,33,37)(H,34,36)(H,39,40)(H4,26,27,30)(H4,28,29,31). The summed E-state index contributed by atoms with van der Waals surface area (Å²) in [5, 5.41) is 17.0. The molecule has 16 N–H and O–H groups in total. The first-order chi connectivity index (χ1) is 18.6. The van der Waals surface area contributed by atoms with Crippen molar-refractivity contribution in [3.05, 3.63) is 0 Å². The summed E-state index contributed by atoms with van der Waals surface area (Å²) in [7, 11) is 0. The van der Waals surface area contributed by atoms with Crippen LogP contribution in [0.5, 0.6) is 0 Å². The smallest absolute Gasteiger partial charge is 0.326 e. The molecule has 0 aromatic heterocycles. The Morgan fingerprint density at radius 3 is 1.65 bits per heavy atom. The second-order valence-electron chi connectivity index (χ2n) is 9.66. The van der Waals surface area contributed by atoms with E-state index in [-0.39, 0.29) is 69.5 Å². The Morgan fingerprint density at radius 2 is 1.18 bits per heavy atom. The molecule has 0 saturated carbocycles. The molecule has 0 aliphatic heterocycles. The van der Waals surface area contributed by atoms with Crippen LogP contribution in [0.3, 0.4) is 0 Å². The van der Waals surface area contributed by atoms with E-state index in [1.54, 1.807) is 0 Å². The van der Waals surface area contributed by atoms with E-state index in [0.29, 0.717) is 6.42 Å². The van der Waals surface area contributed by atoms with Gasteiger partial charge in [-0.3, -0.25) is 29.2 Å². The normalized spacial score (nSPS) is 13.7. The summed E-state index contributed by atoms with van der Waals surface area (Å²) in [5.41, 5.74) is 32.2. The number of primary amides is 1. The maximum Gasteiger partial charge on any atom is 0.326 e. The average Bonchev–Trinajstić information content (AvgIpc) is 2.84. The lowest BCUT2D eigenvalue weighted by atomic mass is 10.0. The third-order valence-electron chi connectivity index (χ3n) is 5.52. The highest BCUT2D eigenvalue weighted by Gasteiger charge is 2.30. The number of rotatable bonds is 20. The number of carboxylic acids is 1. The lowest BCUT2D eigenvalue weighted by Crippen LogP contribution is -2.57. The van der Waals surface area contributed by atoms with Gasteiger partial charge in [0.25, 0.3) is 0 Å². The van der Waals surface area contributed by atoms with Crippen molar-refractivity contribution in [3.8, 4) is 0 Å². The predicted octanol–water partition coefficient (Wildman–Crippen LogP) is -3.73. The van der Waals surface area contributed by atoms with Gasteiger partial charge in [0.05, 0.1) is 6.04 Å². The van der Waals surface area contributed by atoms with Gasteiger partial charge in [-0.25, -0.2) is 4.79 Å². The van der Waals surface area contributed by atoms with Crippen molar-refractivity contribution < 1.29 is 29.1 Å². The predicted molar refractivity (Wildman–Crippen MR) is 149 cm³/mol. The van der Waals surface area contributed by atoms with E-state index in [9.17, 15) is 29.1 Å². The summed E-state index contributed by atoms with van der Waals surface area (Å²) < 4.78 is 0. The number of nitrogens with one attached hydrogen (secondary N) is 3. The highest BCUT2D eigenvalue weighted by molar-refractivity contribution is 5.94. The lowest BCUT2D eigenvalue weighted by molar-refractivity contribution is -0.142. The van der Waals surface area contributed by atoms with Crippen LogP contribution in [0.4, 0.5) is 0 Å². The number of amides is 4. The zero-order chi connectivity index (χ0) is 30.8. The Bertz CT molecular complexity index is 917. The number of aliphatic carboxylic acids is 1. The van der Waals surface area contributed by atoms with Crippen molar-refractivity contribution in [3.63, 3.8) is 0 Å². The second kappa shape index (κ2) is 19.0. The number of guanidine groups is 2. The van der Waals surface area contributed by atoms with E-state index in [2.05, 4.69) is 25.9 Å². The Kier molecular flexibility index (Phi) is 17.0. The Labute approximate surface area is 233 Å². The highest BCUT2D eigenvalue weighted by Crippen LogP contribution is 2.09. The van der Waals surface area contributed by atoms with E-state index in [4.69, 9.17) is 34.4 Å². The van der Waals surface area contributed by atoms with Crippen LogP contribution in [0.15, 0.2) is 9.98 Å². The number of nitrogens with zero attached hydrogens (tertiary/aromatic N) is 2. The van der Waals surface area contributed by atoms with Crippen molar-refractivity contribution in [2.75, 3.05) is 13.1 Å². The zero-order valence-electron chi connectivity index (χ0n) is 23.1. The molecule has 0 heterocycles. The topological polar surface area (TPSA) is 323 Å². The number of carbonyl (C=O) groups excluding carboxylic acids is 4. The van der Waals surface area contributed by atoms with Gasteiger partial charge in [0.15, 0.2) is 11.9 Å². The van der Waals surface area contributed by atoms with Gasteiger partial charge in [0.1, 0.15) is 18.1 Å². The lowest BCUT2D eigenvalue weighted by Gasteiger charge is -2.26. The SMILES string of the molecule is CC(C)CC(NC(=O)C(N)CCCN=C(N)N)C(=O)NC(CCCN=C(N)N)C(=O)NC(CCC(N)=O)C(=O)O. The van der Waals surface area contributed by atoms with Crippen molar-refractivity contribution in [1.29, 1.82) is 0 Å². The third kappa shape index (κ3) is 16.6. The molecule has 0 spiro atoms. The molecule has 4 unspecified atom stereocenters. The number of nitrogens with two attached hydrogens (primary N) is 6. The minimum Gasteiger partial charge on any atom is -0.480 e. The van der Waals surface area contributed by atoms with Crippen LogP contribution in [-0.2, 0) is 24.0 Å². The summed E-state index contributed by atoms with van der Waals surface area (Å²) >= 11 is 0. The van der Waals surface area contributed by atoms with Gasteiger partial charge in [-0.15, -0.1) is 0 Å². The summed E-state index contributed by atoms with van der Waals surface area (Å²) in [6.07, 6.45) is 0.728. The molecule has 0 bridgehead atoms. The summed E-state index contributed by atoms with van der Waals surface area (Å²) in [4.78, 5) is 69.3. The largest absolute Gasteiger partial charge is 0.480 e.